The number of anilines is 1. The third kappa shape index (κ3) is 1.96. The number of aliphatic hydroxyl groups is 1. The lowest BCUT2D eigenvalue weighted by molar-refractivity contribution is 0.280. The highest BCUT2D eigenvalue weighted by molar-refractivity contribution is 9.10. The summed E-state index contributed by atoms with van der Waals surface area (Å²) in [6.45, 7) is 1.76. The molecule has 0 fully saturated rings. The van der Waals surface area contributed by atoms with Gasteiger partial charge in [0.1, 0.15) is 0 Å². The molecule has 1 heterocycles. The van der Waals surface area contributed by atoms with Crippen LogP contribution in [0.4, 0.5) is 5.69 Å². The molecule has 2 atom stereocenters. The van der Waals surface area contributed by atoms with Gasteiger partial charge in [0.15, 0.2) is 9.84 Å². The third-order valence-corrected chi connectivity index (χ3v) is 6.58. The fourth-order valence-corrected chi connectivity index (χ4v) is 5.48. The normalized spacial score (nSPS) is 25.9. The second-order valence-corrected chi connectivity index (χ2v) is 7.52. The molecular weight excluding hydrogens is 318 g/mol. The average Bonchev–Trinajstić information content (AvgIpc) is 2.32. The summed E-state index contributed by atoms with van der Waals surface area (Å²) in [5, 5.41) is 8.50. The zero-order valence-electron chi connectivity index (χ0n) is 10.3. The molecule has 1 aliphatic heterocycles. The van der Waals surface area contributed by atoms with Crippen molar-refractivity contribution in [1.29, 1.82) is 0 Å². The molecule has 1 aromatic rings. The molecule has 1 N–H and O–H groups in total. The number of halogens is 1. The SMILES string of the molecule is CC1C(CCO)S(=O)(=O)c2cccc(Br)c2N1C. The molecule has 0 radical (unpaired) electrons. The molecule has 2 rings (SSSR count). The quantitative estimate of drug-likeness (QED) is 0.896. The summed E-state index contributed by atoms with van der Waals surface area (Å²) in [5.41, 5.74) is 0.708. The lowest BCUT2D eigenvalue weighted by atomic mass is 10.1. The van der Waals surface area contributed by atoms with Crippen LogP contribution in [0.15, 0.2) is 27.6 Å². The molecule has 0 saturated heterocycles. The number of aliphatic hydroxyl groups excluding tert-OH is 1. The van der Waals surface area contributed by atoms with E-state index in [1.165, 1.54) is 0 Å². The summed E-state index contributed by atoms with van der Waals surface area (Å²) < 4.78 is 25.9. The van der Waals surface area contributed by atoms with E-state index in [0.29, 0.717) is 10.6 Å². The van der Waals surface area contributed by atoms with E-state index in [1.54, 1.807) is 12.1 Å². The van der Waals surface area contributed by atoms with Gasteiger partial charge in [-0.2, -0.15) is 0 Å². The van der Waals surface area contributed by atoms with Gasteiger partial charge in [-0.05, 0) is 41.4 Å². The molecular formula is C12H16BrNO3S. The van der Waals surface area contributed by atoms with Crippen LogP contribution in [0.3, 0.4) is 0 Å². The van der Waals surface area contributed by atoms with Crippen molar-refractivity contribution in [3.63, 3.8) is 0 Å². The highest BCUT2D eigenvalue weighted by atomic mass is 79.9. The van der Waals surface area contributed by atoms with Gasteiger partial charge in [0.2, 0.25) is 0 Å². The summed E-state index contributed by atoms with van der Waals surface area (Å²) in [6.07, 6.45) is 0.264. The molecule has 18 heavy (non-hydrogen) atoms. The van der Waals surface area contributed by atoms with Crippen LogP contribution in [-0.4, -0.2) is 38.5 Å². The number of hydrogen-bond acceptors (Lipinski definition) is 4. The maximum atomic E-state index is 12.5. The molecule has 0 amide bonds. The summed E-state index contributed by atoms with van der Waals surface area (Å²) >= 11 is 3.40. The lowest BCUT2D eigenvalue weighted by Gasteiger charge is -2.39. The van der Waals surface area contributed by atoms with Crippen molar-refractivity contribution < 1.29 is 13.5 Å². The summed E-state index contributed by atoms with van der Waals surface area (Å²) in [6, 6.07) is 5.03. The number of sulfone groups is 1. The van der Waals surface area contributed by atoms with Gasteiger partial charge >= 0.3 is 0 Å². The zero-order valence-corrected chi connectivity index (χ0v) is 12.7. The monoisotopic (exact) mass is 333 g/mol. The van der Waals surface area contributed by atoms with Crippen molar-refractivity contribution in [2.75, 3.05) is 18.6 Å². The van der Waals surface area contributed by atoms with Crippen LogP contribution >= 0.6 is 15.9 Å². The van der Waals surface area contributed by atoms with Crippen LogP contribution in [0.25, 0.3) is 0 Å². The van der Waals surface area contributed by atoms with Gasteiger partial charge in [0.25, 0.3) is 0 Å². The maximum absolute atomic E-state index is 12.5. The molecule has 1 aromatic carbocycles. The highest BCUT2D eigenvalue weighted by Gasteiger charge is 2.41. The van der Waals surface area contributed by atoms with Crippen molar-refractivity contribution in [3.05, 3.63) is 22.7 Å². The van der Waals surface area contributed by atoms with Gasteiger partial charge in [0, 0.05) is 24.2 Å². The maximum Gasteiger partial charge on any atom is 0.185 e. The standard InChI is InChI=1S/C12H16BrNO3S/c1-8-10(6-7-15)18(16,17)11-5-3-4-9(13)12(11)14(8)2/h3-5,8,10,15H,6-7H2,1-2H3. The molecule has 0 bridgehead atoms. The van der Waals surface area contributed by atoms with E-state index in [0.717, 1.165) is 4.47 Å². The van der Waals surface area contributed by atoms with Crippen LogP contribution in [0.5, 0.6) is 0 Å². The Balaban J connectivity index is 2.66. The molecule has 2 unspecified atom stereocenters. The van der Waals surface area contributed by atoms with Crippen LogP contribution in [0, 0.1) is 0 Å². The smallest absolute Gasteiger partial charge is 0.185 e. The largest absolute Gasteiger partial charge is 0.396 e. The topological polar surface area (TPSA) is 57.6 Å². The second kappa shape index (κ2) is 4.83. The van der Waals surface area contributed by atoms with Crippen molar-refractivity contribution >= 4 is 31.5 Å². The second-order valence-electron chi connectivity index (χ2n) is 4.53. The van der Waals surface area contributed by atoms with E-state index in [-0.39, 0.29) is 19.1 Å². The van der Waals surface area contributed by atoms with Crippen molar-refractivity contribution in [2.45, 2.75) is 29.5 Å². The average molecular weight is 334 g/mol. The molecule has 4 nitrogen and oxygen atoms in total. The third-order valence-electron chi connectivity index (χ3n) is 3.57. The molecule has 100 valence electrons. The first kappa shape index (κ1) is 13.8. The van der Waals surface area contributed by atoms with E-state index in [2.05, 4.69) is 15.9 Å². The Morgan fingerprint density at radius 1 is 1.44 bits per heavy atom. The van der Waals surface area contributed by atoms with Gasteiger partial charge in [-0.15, -0.1) is 0 Å². The van der Waals surface area contributed by atoms with Crippen molar-refractivity contribution in [3.8, 4) is 0 Å². The van der Waals surface area contributed by atoms with Crippen LogP contribution in [0.2, 0.25) is 0 Å². The van der Waals surface area contributed by atoms with E-state index in [4.69, 9.17) is 5.11 Å². The minimum atomic E-state index is -3.38. The fourth-order valence-electron chi connectivity index (χ4n) is 2.47. The van der Waals surface area contributed by atoms with Gasteiger partial charge in [-0.25, -0.2) is 8.42 Å². The Morgan fingerprint density at radius 2 is 2.11 bits per heavy atom. The molecule has 0 aromatic heterocycles. The van der Waals surface area contributed by atoms with E-state index in [1.807, 2.05) is 24.9 Å². The Morgan fingerprint density at radius 3 is 2.72 bits per heavy atom. The lowest BCUT2D eigenvalue weighted by Crippen LogP contribution is -2.48. The molecule has 6 heteroatoms. The van der Waals surface area contributed by atoms with Gasteiger partial charge in [-0.1, -0.05) is 6.07 Å². The Hall–Kier alpha value is -0.590. The van der Waals surface area contributed by atoms with Crippen LogP contribution < -0.4 is 4.90 Å². The molecule has 1 aliphatic rings. The van der Waals surface area contributed by atoms with Crippen molar-refractivity contribution in [1.82, 2.24) is 0 Å². The Kier molecular flexibility index (Phi) is 3.71. The predicted octanol–water partition coefficient (Wildman–Crippen LogP) is 1.81. The number of benzene rings is 1. The number of fused-ring (bicyclic) bond motifs is 1. The number of nitrogens with zero attached hydrogens (tertiary/aromatic N) is 1. The first-order valence-electron chi connectivity index (χ1n) is 5.77. The van der Waals surface area contributed by atoms with Crippen LogP contribution in [0.1, 0.15) is 13.3 Å². The summed E-state index contributed by atoms with van der Waals surface area (Å²) in [5.74, 6) is 0. The zero-order chi connectivity index (χ0) is 13.5. The minimum absolute atomic E-state index is 0.120. The van der Waals surface area contributed by atoms with E-state index in [9.17, 15) is 8.42 Å². The predicted molar refractivity (Wildman–Crippen MR) is 74.7 cm³/mol. The Bertz CT molecular complexity index is 558. The molecule has 0 aliphatic carbocycles. The van der Waals surface area contributed by atoms with Gasteiger partial charge < -0.3 is 10.0 Å². The summed E-state index contributed by atoms with van der Waals surface area (Å²) in [7, 11) is -1.50. The summed E-state index contributed by atoms with van der Waals surface area (Å²) in [4.78, 5) is 2.30. The van der Waals surface area contributed by atoms with E-state index >= 15 is 0 Å². The number of para-hydroxylation sites is 1. The number of rotatable bonds is 2. The van der Waals surface area contributed by atoms with Gasteiger partial charge in [-0.3, -0.25) is 0 Å². The highest BCUT2D eigenvalue weighted by Crippen LogP contribution is 2.41. The molecule has 0 spiro atoms. The fraction of sp³-hybridized carbons (Fsp3) is 0.500. The number of hydrogen-bond donors (Lipinski definition) is 1. The first-order valence-corrected chi connectivity index (χ1v) is 8.11. The van der Waals surface area contributed by atoms with E-state index < -0.39 is 15.1 Å². The minimum Gasteiger partial charge on any atom is -0.396 e. The van der Waals surface area contributed by atoms with Crippen molar-refractivity contribution in [2.24, 2.45) is 0 Å². The van der Waals surface area contributed by atoms with Crippen LogP contribution in [-0.2, 0) is 9.84 Å². The first-order chi connectivity index (χ1) is 8.41. The Labute approximate surface area is 116 Å². The van der Waals surface area contributed by atoms with Gasteiger partial charge in [0.05, 0.1) is 15.8 Å². The molecule has 0 saturated carbocycles.